The van der Waals surface area contributed by atoms with E-state index < -0.39 is 5.91 Å². The minimum absolute atomic E-state index is 0.177. The lowest BCUT2D eigenvalue weighted by Gasteiger charge is -2.17. The van der Waals surface area contributed by atoms with Gasteiger partial charge >= 0.3 is 0 Å². The van der Waals surface area contributed by atoms with Crippen molar-refractivity contribution < 1.29 is 14.3 Å². The highest BCUT2D eigenvalue weighted by Crippen LogP contribution is 2.33. The molecule has 0 radical (unpaired) electrons. The fourth-order valence-corrected chi connectivity index (χ4v) is 3.54. The highest BCUT2D eigenvalue weighted by Gasteiger charge is 2.13. The van der Waals surface area contributed by atoms with Crippen LogP contribution in [0.3, 0.4) is 0 Å². The molecule has 1 atom stereocenters. The Balaban J connectivity index is 1.67. The van der Waals surface area contributed by atoms with E-state index in [1.54, 1.807) is 23.5 Å². The molecule has 3 aromatic rings. The zero-order chi connectivity index (χ0) is 20.6. The summed E-state index contributed by atoms with van der Waals surface area (Å²) < 4.78 is 11.6. The van der Waals surface area contributed by atoms with Crippen molar-refractivity contribution in [3.63, 3.8) is 0 Å². The molecule has 6 nitrogen and oxygen atoms in total. The topological polar surface area (TPSA) is 86.5 Å². The van der Waals surface area contributed by atoms with Crippen LogP contribution < -0.4 is 20.5 Å². The molecule has 0 saturated heterocycles. The molecule has 0 saturated carbocycles. The molecule has 0 bridgehead atoms. The number of thiophene rings is 1. The van der Waals surface area contributed by atoms with E-state index in [0.717, 1.165) is 18.5 Å². The minimum atomic E-state index is -0.524. The predicted molar refractivity (Wildman–Crippen MR) is 115 cm³/mol. The van der Waals surface area contributed by atoms with E-state index >= 15 is 0 Å². The third kappa shape index (κ3) is 5.79. The number of amides is 1. The van der Waals surface area contributed by atoms with Gasteiger partial charge < -0.3 is 20.5 Å². The van der Waals surface area contributed by atoms with Crippen molar-refractivity contribution in [3.05, 3.63) is 70.0 Å². The van der Waals surface area contributed by atoms with Crippen molar-refractivity contribution in [1.82, 2.24) is 10.3 Å². The molecule has 0 fully saturated rings. The zero-order valence-electron chi connectivity index (χ0n) is 16.6. The van der Waals surface area contributed by atoms with Gasteiger partial charge in [0.1, 0.15) is 0 Å². The normalized spacial score (nSPS) is 11.8. The Labute approximate surface area is 174 Å². The lowest BCUT2D eigenvalue weighted by Crippen LogP contribution is -2.21. The summed E-state index contributed by atoms with van der Waals surface area (Å²) in [7, 11) is 0. The van der Waals surface area contributed by atoms with Crippen LogP contribution in [0.25, 0.3) is 0 Å². The summed E-state index contributed by atoms with van der Waals surface area (Å²) in [4.78, 5) is 16.7. The maximum absolute atomic E-state index is 11.2. The van der Waals surface area contributed by atoms with Crippen LogP contribution >= 0.6 is 11.3 Å². The summed E-state index contributed by atoms with van der Waals surface area (Å²) in [5.41, 5.74) is 6.69. The molecule has 0 aliphatic rings. The van der Waals surface area contributed by atoms with Crippen molar-refractivity contribution in [2.75, 3.05) is 13.2 Å². The van der Waals surface area contributed by atoms with Crippen molar-refractivity contribution in [1.29, 1.82) is 0 Å². The molecular weight excluding hydrogens is 386 g/mol. The van der Waals surface area contributed by atoms with E-state index in [0.29, 0.717) is 29.5 Å². The number of primary amides is 1. The number of aromatic nitrogens is 1. The predicted octanol–water partition coefficient (Wildman–Crippen LogP) is 4.33. The van der Waals surface area contributed by atoms with Crippen molar-refractivity contribution in [2.24, 2.45) is 5.73 Å². The van der Waals surface area contributed by atoms with Crippen LogP contribution in [0.2, 0.25) is 0 Å². The van der Waals surface area contributed by atoms with Crippen molar-refractivity contribution in [3.8, 4) is 17.4 Å². The third-order valence-corrected chi connectivity index (χ3v) is 5.34. The molecule has 29 heavy (non-hydrogen) atoms. The van der Waals surface area contributed by atoms with Gasteiger partial charge in [0.05, 0.1) is 12.2 Å². The molecule has 3 N–H and O–H groups in total. The van der Waals surface area contributed by atoms with Gasteiger partial charge in [-0.2, -0.15) is 0 Å². The summed E-state index contributed by atoms with van der Waals surface area (Å²) in [5, 5.41) is 5.65. The first kappa shape index (κ1) is 20.8. The molecule has 7 heteroatoms. The van der Waals surface area contributed by atoms with Gasteiger partial charge in [0, 0.05) is 29.7 Å². The van der Waals surface area contributed by atoms with Crippen molar-refractivity contribution in [2.45, 2.75) is 26.3 Å². The number of nitrogens with zero attached hydrogens (tertiary/aromatic N) is 1. The number of pyridine rings is 1. The number of hydrogen-bond donors (Lipinski definition) is 2. The fourth-order valence-electron chi connectivity index (χ4n) is 2.83. The first-order valence-corrected chi connectivity index (χ1v) is 10.4. The van der Waals surface area contributed by atoms with Gasteiger partial charge in [-0.05, 0) is 55.5 Å². The number of hydrogen-bond acceptors (Lipinski definition) is 6. The smallest absolute Gasteiger partial charge is 0.250 e. The number of rotatable bonds is 10. The average molecular weight is 412 g/mol. The van der Waals surface area contributed by atoms with E-state index in [1.807, 2.05) is 25.1 Å². The monoisotopic (exact) mass is 411 g/mol. The second-order valence-electron chi connectivity index (χ2n) is 6.50. The third-order valence-electron chi connectivity index (χ3n) is 4.41. The Kier molecular flexibility index (Phi) is 7.21. The SMILES string of the molecule is CCOc1cc(C(C)NCCc2cccs2)ccc1Oc1ccc(C(N)=O)cn1. The molecule has 0 aliphatic heterocycles. The van der Waals surface area contributed by atoms with Gasteiger partial charge in [-0.3, -0.25) is 4.79 Å². The lowest BCUT2D eigenvalue weighted by atomic mass is 10.1. The number of carbonyl (C=O) groups excluding carboxylic acids is 1. The number of benzene rings is 1. The number of ether oxygens (including phenoxy) is 2. The Morgan fingerprint density at radius 1 is 1.24 bits per heavy atom. The van der Waals surface area contributed by atoms with Gasteiger partial charge in [0.2, 0.25) is 11.8 Å². The van der Waals surface area contributed by atoms with Gasteiger partial charge in [0.15, 0.2) is 11.5 Å². The first-order valence-electron chi connectivity index (χ1n) is 9.53. The van der Waals surface area contributed by atoms with E-state index in [1.165, 1.54) is 11.1 Å². The molecule has 1 amide bonds. The average Bonchev–Trinajstić information content (AvgIpc) is 3.23. The molecule has 0 spiro atoms. The Hall–Kier alpha value is -2.90. The molecule has 2 heterocycles. The first-order chi connectivity index (χ1) is 14.1. The highest BCUT2D eigenvalue weighted by atomic mass is 32.1. The van der Waals surface area contributed by atoms with Gasteiger partial charge in [-0.15, -0.1) is 11.3 Å². The molecule has 1 aromatic carbocycles. The highest BCUT2D eigenvalue weighted by molar-refractivity contribution is 7.09. The molecule has 3 rings (SSSR count). The standard InChI is InChI=1S/C22H25N3O3S/c1-3-27-20-13-16(15(2)24-11-10-18-5-4-12-29-18)6-8-19(20)28-21-9-7-17(14-25-21)22(23)26/h4-9,12-15,24H,3,10-11H2,1-2H3,(H2,23,26). The molecule has 0 aliphatic carbocycles. The Morgan fingerprint density at radius 3 is 2.76 bits per heavy atom. The summed E-state index contributed by atoms with van der Waals surface area (Å²) in [5.74, 6) is 1.06. The van der Waals surface area contributed by atoms with E-state index in [9.17, 15) is 4.79 Å². The lowest BCUT2D eigenvalue weighted by molar-refractivity contribution is 0.1000. The molecule has 2 aromatic heterocycles. The second kappa shape index (κ2) is 10.0. The summed E-state index contributed by atoms with van der Waals surface area (Å²) in [6, 6.07) is 13.5. The van der Waals surface area contributed by atoms with Crippen molar-refractivity contribution >= 4 is 17.2 Å². The maximum Gasteiger partial charge on any atom is 0.250 e. The van der Waals surface area contributed by atoms with E-state index in [4.69, 9.17) is 15.2 Å². The summed E-state index contributed by atoms with van der Waals surface area (Å²) in [6.45, 7) is 5.48. The van der Waals surface area contributed by atoms with E-state index in [2.05, 4.69) is 34.7 Å². The zero-order valence-corrected chi connectivity index (χ0v) is 17.4. The quantitative estimate of drug-likeness (QED) is 0.519. The number of carbonyl (C=O) groups is 1. The van der Waals surface area contributed by atoms with Crippen LogP contribution in [0.5, 0.6) is 17.4 Å². The van der Waals surface area contributed by atoms with Crippen LogP contribution in [0.15, 0.2) is 54.0 Å². The van der Waals surface area contributed by atoms with Crippen LogP contribution in [0.1, 0.15) is 40.7 Å². The summed E-state index contributed by atoms with van der Waals surface area (Å²) >= 11 is 1.78. The Bertz CT molecular complexity index is 927. The van der Waals surface area contributed by atoms with Gasteiger partial charge in [-0.25, -0.2) is 4.98 Å². The molecular formula is C22H25N3O3S. The fraction of sp³-hybridized carbons (Fsp3) is 0.273. The van der Waals surface area contributed by atoms with Crippen LogP contribution in [-0.4, -0.2) is 24.0 Å². The van der Waals surface area contributed by atoms with Gasteiger partial charge in [0.25, 0.3) is 0 Å². The van der Waals surface area contributed by atoms with Crippen LogP contribution in [0.4, 0.5) is 0 Å². The van der Waals surface area contributed by atoms with E-state index in [-0.39, 0.29) is 6.04 Å². The second-order valence-corrected chi connectivity index (χ2v) is 7.53. The molecule has 1 unspecified atom stereocenters. The maximum atomic E-state index is 11.2. The minimum Gasteiger partial charge on any atom is -0.490 e. The number of nitrogens with two attached hydrogens (primary N) is 1. The Morgan fingerprint density at radius 2 is 2.10 bits per heavy atom. The van der Waals surface area contributed by atoms with Crippen LogP contribution in [-0.2, 0) is 6.42 Å². The summed E-state index contributed by atoms with van der Waals surface area (Å²) in [6.07, 6.45) is 2.40. The van der Waals surface area contributed by atoms with Gasteiger partial charge in [-0.1, -0.05) is 12.1 Å². The van der Waals surface area contributed by atoms with Crippen LogP contribution in [0, 0.1) is 0 Å². The largest absolute Gasteiger partial charge is 0.490 e. The molecule has 152 valence electrons. The number of nitrogens with one attached hydrogen (secondary N) is 1.